The lowest BCUT2D eigenvalue weighted by Crippen LogP contribution is -2.40. The van der Waals surface area contributed by atoms with Crippen LogP contribution >= 0.6 is 0 Å². The van der Waals surface area contributed by atoms with Crippen LogP contribution in [0.2, 0.25) is 0 Å². The number of fused-ring (bicyclic) bond motifs is 1. The second kappa shape index (κ2) is 7.66. The second-order valence-corrected chi connectivity index (χ2v) is 6.69. The lowest BCUT2D eigenvalue weighted by Gasteiger charge is -2.04. The van der Waals surface area contributed by atoms with Crippen LogP contribution in [-0.2, 0) is 35.6 Å². The molecule has 1 aliphatic rings. The number of aromatic nitrogens is 2. The summed E-state index contributed by atoms with van der Waals surface area (Å²) in [5.74, 6) is 1.80. The van der Waals surface area contributed by atoms with Crippen molar-refractivity contribution < 1.29 is 18.8 Å². The van der Waals surface area contributed by atoms with E-state index in [-0.39, 0.29) is 12.5 Å². The first-order chi connectivity index (χ1) is 13.2. The third-order valence-electron chi connectivity index (χ3n) is 4.92. The topological polar surface area (TPSA) is 44.3 Å². The van der Waals surface area contributed by atoms with Crippen LogP contribution in [0.5, 0.6) is 5.75 Å². The minimum absolute atomic E-state index is 0.217. The van der Waals surface area contributed by atoms with E-state index >= 15 is 0 Å². The minimum atomic E-state index is -0.217. The fraction of sp³-hybridized carbons (Fsp3) is 0.273. The van der Waals surface area contributed by atoms with Crippen molar-refractivity contribution in [3.8, 4) is 17.0 Å². The van der Waals surface area contributed by atoms with Gasteiger partial charge >= 0.3 is 5.97 Å². The van der Waals surface area contributed by atoms with Crippen molar-refractivity contribution >= 4 is 5.97 Å². The average molecular weight is 363 g/mol. The Labute approximate surface area is 158 Å². The summed E-state index contributed by atoms with van der Waals surface area (Å²) in [6.45, 7) is 1.52. The molecule has 0 aliphatic carbocycles. The molecular formula is C22H23N2O3+. The highest BCUT2D eigenvalue weighted by Crippen LogP contribution is 2.26. The largest absolute Gasteiger partial charge is 0.497 e. The molecule has 0 atom stereocenters. The molecule has 0 amide bonds. The lowest BCUT2D eigenvalue weighted by molar-refractivity contribution is -0.692. The number of imidazole rings is 1. The van der Waals surface area contributed by atoms with Gasteiger partial charge < -0.3 is 9.47 Å². The molecule has 5 nitrogen and oxygen atoms in total. The van der Waals surface area contributed by atoms with Gasteiger partial charge in [-0.05, 0) is 36.2 Å². The quantitative estimate of drug-likeness (QED) is 0.499. The molecule has 0 unspecified atom stereocenters. The molecule has 1 aliphatic heterocycles. The van der Waals surface area contributed by atoms with E-state index < -0.39 is 0 Å². The van der Waals surface area contributed by atoms with Gasteiger partial charge in [-0.15, -0.1) is 0 Å². The predicted octanol–water partition coefficient (Wildman–Crippen LogP) is 3.14. The highest BCUT2D eigenvalue weighted by atomic mass is 16.5. The molecule has 0 radical (unpaired) electrons. The Morgan fingerprint density at radius 3 is 2.63 bits per heavy atom. The zero-order valence-electron chi connectivity index (χ0n) is 15.4. The van der Waals surface area contributed by atoms with E-state index in [4.69, 9.17) is 9.47 Å². The zero-order chi connectivity index (χ0) is 18.6. The van der Waals surface area contributed by atoms with Crippen molar-refractivity contribution in [1.29, 1.82) is 0 Å². The van der Waals surface area contributed by atoms with E-state index in [2.05, 4.69) is 22.9 Å². The van der Waals surface area contributed by atoms with Gasteiger partial charge in [0.05, 0.1) is 20.1 Å². The fourth-order valence-electron chi connectivity index (χ4n) is 3.56. The van der Waals surface area contributed by atoms with Crippen LogP contribution in [0.3, 0.4) is 0 Å². The third kappa shape index (κ3) is 3.72. The standard InChI is InChI=1S/C22H23N2O3/c1-26-19-11-9-18(10-12-19)20-14-23(21-8-5-13-24(20)21)15-22(25)27-16-17-6-3-2-4-7-17/h2-4,6-7,9-12,14H,5,8,13,15-16H2,1H3/q+1. The lowest BCUT2D eigenvalue weighted by atomic mass is 10.1. The minimum Gasteiger partial charge on any atom is -0.497 e. The van der Waals surface area contributed by atoms with E-state index in [0.29, 0.717) is 6.61 Å². The fourth-order valence-corrected chi connectivity index (χ4v) is 3.56. The first-order valence-corrected chi connectivity index (χ1v) is 9.20. The van der Waals surface area contributed by atoms with Gasteiger partial charge in [0, 0.05) is 5.56 Å². The van der Waals surface area contributed by atoms with Gasteiger partial charge in [0.2, 0.25) is 0 Å². The van der Waals surface area contributed by atoms with Crippen LogP contribution < -0.4 is 9.30 Å². The number of rotatable bonds is 6. The van der Waals surface area contributed by atoms with Crippen LogP contribution in [0.15, 0.2) is 60.8 Å². The number of carbonyl (C=O) groups excluding carboxylic acids is 1. The molecule has 3 aromatic rings. The Morgan fingerprint density at radius 2 is 1.89 bits per heavy atom. The molecule has 0 fully saturated rings. The Hall–Kier alpha value is -3.08. The number of nitrogens with zero attached hydrogens (tertiary/aromatic N) is 2. The Kier molecular flexibility index (Phi) is 4.92. The predicted molar refractivity (Wildman–Crippen MR) is 101 cm³/mol. The van der Waals surface area contributed by atoms with Gasteiger partial charge in [-0.25, -0.2) is 13.9 Å². The van der Waals surface area contributed by atoms with Crippen molar-refractivity contribution in [3.63, 3.8) is 0 Å². The Balaban J connectivity index is 1.50. The molecule has 0 spiro atoms. The van der Waals surface area contributed by atoms with Gasteiger partial charge in [-0.2, -0.15) is 0 Å². The molecule has 0 saturated heterocycles. The summed E-state index contributed by atoms with van der Waals surface area (Å²) in [5.41, 5.74) is 3.24. The summed E-state index contributed by atoms with van der Waals surface area (Å²) < 4.78 is 15.0. The van der Waals surface area contributed by atoms with Crippen molar-refractivity contribution in [1.82, 2.24) is 4.57 Å². The van der Waals surface area contributed by atoms with Crippen molar-refractivity contribution in [3.05, 3.63) is 72.2 Å². The van der Waals surface area contributed by atoms with E-state index in [0.717, 1.165) is 42.0 Å². The number of hydrogen-bond donors (Lipinski definition) is 0. The number of hydrogen-bond acceptors (Lipinski definition) is 3. The molecule has 5 heteroatoms. The third-order valence-corrected chi connectivity index (χ3v) is 4.92. The molecule has 0 saturated carbocycles. The van der Waals surface area contributed by atoms with E-state index in [9.17, 15) is 4.79 Å². The van der Waals surface area contributed by atoms with Crippen LogP contribution in [0.1, 0.15) is 17.8 Å². The van der Waals surface area contributed by atoms with Gasteiger partial charge in [-0.1, -0.05) is 30.3 Å². The Bertz CT molecular complexity index is 930. The number of ether oxygens (including phenoxy) is 2. The molecule has 2 heterocycles. The Morgan fingerprint density at radius 1 is 1.11 bits per heavy atom. The maximum absolute atomic E-state index is 12.3. The zero-order valence-corrected chi connectivity index (χ0v) is 15.4. The first-order valence-electron chi connectivity index (χ1n) is 9.20. The molecule has 2 aromatic carbocycles. The van der Waals surface area contributed by atoms with Crippen molar-refractivity contribution in [2.24, 2.45) is 0 Å². The van der Waals surface area contributed by atoms with Crippen LogP contribution in [0.25, 0.3) is 11.3 Å². The van der Waals surface area contributed by atoms with Crippen LogP contribution in [0, 0.1) is 0 Å². The van der Waals surface area contributed by atoms with Crippen molar-refractivity contribution in [2.75, 3.05) is 7.11 Å². The van der Waals surface area contributed by atoms with Gasteiger partial charge in [0.25, 0.3) is 5.82 Å². The summed E-state index contributed by atoms with van der Waals surface area (Å²) in [6, 6.07) is 17.8. The van der Waals surface area contributed by atoms with E-state index in [1.807, 2.05) is 47.0 Å². The van der Waals surface area contributed by atoms with E-state index in [1.165, 1.54) is 5.82 Å². The van der Waals surface area contributed by atoms with Crippen LogP contribution in [0.4, 0.5) is 0 Å². The normalized spacial score (nSPS) is 12.6. The average Bonchev–Trinajstić information content (AvgIpc) is 3.31. The second-order valence-electron chi connectivity index (χ2n) is 6.69. The van der Waals surface area contributed by atoms with Crippen LogP contribution in [-0.4, -0.2) is 17.6 Å². The van der Waals surface area contributed by atoms with Gasteiger partial charge in [0.1, 0.15) is 18.6 Å². The molecule has 138 valence electrons. The number of methoxy groups -OCH3 is 1. The number of benzene rings is 2. The summed E-state index contributed by atoms with van der Waals surface area (Å²) in [6.07, 6.45) is 4.13. The number of carbonyl (C=O) groups is 1. The molecule has 0 bridgehead atoms. The summed E-state index contributed by atoms with van der Waals surface area (Å²) >= 11 is 0. The highest BCUT2D eigenvalue weighted by molar-refractivity contribution is 5.68. The molecule has 1 aromatic heterocycles. The van der Waals surface area contributed by atoms with Gasteiger partial charge in [0.15, 0.2) is 12.2 Å². The molecule has 0 N–H and O–H groups in total. The highest BCUT2D eigenvalue weighted by Gasteiger charge is 2.29. The SMILES string of the molecule is COc1ccc(-c2c[n+](CC(=O)OCc3ccccc3)c3n2CCC3)cc1. The summed E-state index contributed by atoms with van der Waals surface area (Å²) in [5, 5.41) is 0. The molecular weight excluding hydrogens is 340 g/mol. The number of esters is 1. The summed E-state index contributed by atoms with van der Waals surface area (Å²) in [7, 11) is 1.67. The maximum Gasteiger partial charge on any atom is 0.348 e. The summed E-state index contributed by atoms with van der Waals surface area (Å²) in [4.78, 5) is 12.3. The molecule has 4 rings (SSSR count). The van der Waals surface area contributed by atoms with Crippen molar-refractivity contribution in [2.45, 2.75) is 32.5 Å². The first kappa shape index (κ1) is 17.3. The van der Waals surface area contributed by atoms with Gasteiger partial charge in [-0.3, -0.25) is 0 Å². The maximum atomic E-state index is 12.3. The van der Waals surface area contributed by atoms with E-state index in [1.54, 1.807) is 7.11 Å². The monoisotopic (exact) mass is 363 g/mol. The smallest absolute Gasteiger partial charge is 0.348 e. The molecule has 27 heavy (non-hydrogen) atoms.